The highest BCUT2D eigenvalue weighted by molar-refractivity contribution is 14.1. The number of anilines is 1. The monoisotopic (exact) mass is 425 g/mol. The number of rotatable bonds is 1. The van der Waals surface area contributed by atoms with E-state index < -0.39 is 17.3 Å². The fraction of sp³-hybridized carbons (Fsp3) is 0.429. The van der Waals surface area contributed by atoms with Crippen LogP contribution in [-0.4, -0.2) is 21.1 Å². The van der Waals surface area contributed by atoms with E-state index in [9.17, 15) is 18.0 Å². The summed E-state index contributed by atoms with van der Waals surface area (Å²) < 4.78 is 40.2. The van der Waals surface area contributed by atoms with Gasteiger partial charge in [-0.25, -0.2) is 4.52 Å². The lowest BCUT2D eigenvalue weighted by atomic mass is 10.1. The first kappa shape index (κ1) is 17.0. The third-order valence-corrected chi connectivity index (χ3v) is 4.11. The van der Waals surface area contributed by atoms with Gasteiger partial charge in [0.1, 0.15) is 0 Å². The van der Waals surface area contributed by atoms with Crippen LogP contribution in [0.2, 0.25) is 0 Å². The molecule has 0 radical (unpaired) electrons. The highest BCUT2D eigenvalue weighted by Gasteiger charge is 2.33. The maximum absolute atomic E-state index is 12.8. The second kappa shape index (κ2) is 5.39. The van der Waals surface area contributed by atoms with Crippen LogP contribution in [0.4, 0.5) is 19.0 Å². The van der Waals surface area contributed by atoms with Crippen LogP contribution in [0, 0.1) is 3.57 Å². The van der Waals surface area contributed by atoms with Gasteiger partial charge >= 0.3 is 6.18 Å². The Hall–Kier alpha value is -1.32. The Labute approximate surface area is 139 Å². The van der Waals surface area contributed by atoms with E-state index in [0.717, 1.165) is 12.3 Å². The van der Waals surface area contributed by atoms with Gasteiger partial charge in [-0.2, -0.15) is 13.2 Å². The van der Waals surface area contributed by atoms with Crippen LogP contribution in [0.3, 0.4) is 0 Å². The van der Waals surface area contributed by atoms with Gasteiger partial charge in [0.05, 0.1) is 14.7 Å². The maximum Gasteiger partial charge on any atom is 0.417 e. The van der Waals surface area contributed by atoms with Gasteiger partial charge in [0, 0.05) is 18.7 Å². The molecule has 1 amide bonds. The van der Waals surface area contributed by atoms with Gasteiger partial charge in [0.15, 0.2) is 5.82 Å². The van der Waals surface area contributed by atoms with E-state index >= 15 is 0 Å². The van der Waals surface area contributed by atoms with Crippen molar-refractivity contribution in [2.24, 2.45) is 0 Å². The van der Waals surface area contributed by atoms with E-state index in [-0.39, 0.29) is 5.91 Å². The smallest absolute Gasteiger partial charge is 0.289 e. The largest absolute Gasteiger partial charge is 0.417 e. The van der Waals surface area contributed by atoms with E-state index in [0.29, 0.717) is 14.9 Å². The number of fused-ring (bicyclic) bond motifs is 1. The Morgan fingerprint density at radius 2 is 1.86 bits per heavy atom. The molecule has 0 spiro atoms. The molecule has 0 aromatic carbocycles. The summed E-state index contributed by atoms with van der Waals surface area (Å²) in [4.78, 5) is 13.4. The lowest BCUT2D eigenvalue weighted by Gasteiger charge is -2.33. The zero-order chi connectivity index (χ0) is 16.9. The summed E-state index contributed by atoms with van der Waals surface area (Å²) in [6.07, 6.45) is -3.50. The van der Waals surface area contributed by atoms with Gasteiger partial charge in [-0.1, -0.05) is 0 Å². The average Bonchev–Trinajstić information content (AvgIpc) is 2.63. The number of carbonyl (C=O) groups excluding carboxylic acids is 1. The van der Waals surface area contributed by atoms with Crippen molar-refractivity contribution < 1.29 is 18.0 Å². The first-order valence-electron chi connectivity index (χ1n) is 6.49. The first-order valence-corrected chi connectivity index (χ1v) is 7.56. The lowest BCUT2D eigenvalue weighted by Crippen LogP contribution is -2.45. The molecular formula is C14H15F3IN3O. The van der Waals surface area contributed by atoms with Crippen LogP contribution < -0.4 is 4.90 Å². The molecule has 0 aliphatic rings. The minimum absolute atomic E-state index is 0.218. The Bertz CT molecular complexity index is 731. The third-order valence-electron chi connectivity index (χ3n) is 3.08. The summed E-state index contributed by atoms with van der Waals surface area (Å²) in [5.74, 6) is 0.143. The molecule has 2 heterocycles. The molecule has 2 aromatic rings. The van der Waals surface area contributed by atoms with Crippen LogP contribution in [0.15, 0.2) is 18.3 Å². The molecule has 0 N–H and O–H groups in total. The van der Waals surface area contributed by atoms with Crippen molar-refractivity contribution in [3.8, 4) is 0 Å². The summed E-state index contributed by atoms with van der Waals surface area (Å²) in [6, 6.07) is 2.38. The summed E-state index contributed by atoms with van der Waals surface area (Å²) in [6.45, 7) is 6.94. The van der Waals surface area contributed by atoms with E-state index in [2.05, 4.69) is 5.10 Å². The molecule has 0 saturated heterocycles. The van der Waals surface area contributed by atoms with Gasteiger partial charge in [-0.05, 0) is 55.5 Å². The summed E-state index contributed by atoms with van der Waals surface area (Å²) in [7, 11) is 0. The Morgan fingerprint density at radius 1 is 1.27 bits per heavy atom. The maximum atomic E-state index is 12.8. The molecule has 0 unspecified atom stereocenters. The second-order valence-corrected chi connectivity index (χ2v) is 6.99. The minimum atomic E-state index is -4.43. The fourth-order valence-corrected chi connectivity index (χ4v) is 3.03. The van der Waals surface area contributed by atoms with Gasteiger partial charge in [0.2, 0.25) is 5.91 Å². The van der Waals surface area contributed by atoms with Gasteiger partial charge < -0.3 is 0 Å². The lowest BCUT2D eigenvalue weighted by molar-refractivity contribution is -0.138. The second-order valence-electron chi connectivity index (χ2n) is 5.91. The third kappa shape index (κ3) is 3.06. The van der Waals surface area contributed by atoms with E-state index in [1.54, 1.807) is 0 Å². The van der Waals surface area contributed by atoms with Crippen LogP contribution in [0.1, 0.15) is 33.3 Å². The van der Waals surface area contributed by atoms with Crippen LogP contribution in [0.5, 0.6) is 0 Å². The molecule has 0 saturated carbocycles. The van der Waals surface area contributed by atoms with Crippen molar-refractivity contribution in [2.75, 3.05) is 4.90 Å². The average molecular weight is 425 g/mol. The van der Waals surface area contributed by atoms with Crippen LogP contribution >= 0.6 is 22.6 Å². The van der Waals surface area contributed by atoms with Crippen LogP contribution in [0.25, 0.3) is 5.52 Å². The molecule has 0 fully saturated rings. The number of alkyl halides is 3. The Morgan fingerprint density at radius 3 is 2.32 bits per heavy atom. The molecule has 120 valence electrons. The van der Waals surface area contributed by atoms with E-state index in [1.165, 1.54) is 22.4 Å². The quantitative estimate of drug-likeness (QED) is 0.646. The number of aromatic nitrogens is 2. The standard InChI is InChI=1S/C14H15F3IN3O/c1-8(22)21(13(2,3)4)12-11(18)10-6-5-9(14(15,16)17)7-20(10)19-12/h5-7H,1-4H3. The van der Waals surface area contributed by atoms with Crippen molar-refractivity contribution in [3.63, 3.8) is 0 Å². The van der Waals surface area contributed by atoms with Gasteiger partial charge in [-0.15, -0.1) is 5.10 Å². The molecule has 0 aliphatic carbocycles. The molecule has 0 aliphatic heterocycles. The molecule has 22 heavy (non-hydrogen) atoms. The number of nitrogens with zero attached hydrogens (tertiary/aromatic N) is 3. The number of carbonyl (C=O) groups is 1. The highest BCUT2D eigenvalue weighted by Crippen LogP contribution is 2.33. The number of halogens is 4. The molecule has 4 nitrogen and oxygen atoms in total. The van der Waals surface area contributed by atoms with E-state index in [1.807, 2.05) is 43.4 Å². The van der Waals surface area contributed by atoms with Crippen molar-refractivity contribution in [1.29, 1.82) is 0 Å². The zero-order valence-corrected chi connectivity index (χ0v) is 14.7. The van der Waals surface area contributed by atoms with Crippen molar-refractivity contribution in [3.05, 3.63) is 27.5 Å². The summed E-state index contributed by atoms with van der Waals surface area (Å²) in [5, 5.41) is 4.19. The van der Waals surface area contributed by atoms with Crippen molar-refractivity contribution >= 4 is 39.8 Å². The normalized spacial score (nSPS) is 12.7. The topological polar surface area (TPSA) is 37.6 Å². The molecular weight excluding hydrogens is 410 g/mol. The SMILES string of the molecule is CC(=O)N(c1nn2cc(C(F)(F)F)ccc2c1I)C(C)(C)C. The van der Waals surface area contributed by atoms with Crippen LogP contribution in [-0.2, 0) is 11.0 Å². The molecule has 0 bridgehead atoms. The molecule has 0 atom stereocenters. The minimum Gasteiger partial charge on any atom is -0.289 e. The number of pyridine rings is 1. The molecule has 2 rings (SSSR count). The molecule has 8 heteroatoms. The Kier molecular flexibility index (Phi) is 4.18. The number of hydrogen-bond donors (Lipinski definition) is 0. The highest BCUT2D eigenvalue weighted by atomic mass is 127. The first-order chi connectivity index (χ1) is 9.93. The van der Waals surface area contributed by atoms with Gasteiger partial charge in [0.25, 0.3) is 0 Å². The number of amides is 1. The Balaban J connectivity index is 2.66. The predicted octanol–water partition coefficient (Wildman–Crippen LogP) is 4.11. The number of hydrogen-bond acceptors (Lipinski definition) is 2. The molecule has 2 aromatic heterocycles. The predicted molar refractivity (Wildman–Crippen MR) is 85.8 cm³/mol. The zero-order valence-electron chi connectivity index (χ0n) is 12.5. The van der Waals surface area contributed by atoms with Gasteiger partial charge in [-0.3, -0.25) is 9.69 Å². The summed E-state index contributed by atoms with van der Waals surface area (Å²) in [5.41, 5.74) is -0.786. The summed E-state index contributed by atoms with van der Waals surface area (Å²) >= 11 is 2.00. The van der Waals surface area contributed by atoms with Crippen molar-refractivity contribution in [2.45, 2.75) is 39.4 Å². The van der Waals surface area contributed by atoms with E-state index in [4.69, 9.17) is 0 Å². The van der Waals surface area contributed by atoms with Crippen molar-refractivity contribution in [1.82, 2.24) is 9.61 Å². The fourth-order valence-electron chi connectivity index (χ4n) is 2.26.